The Kier molecular flexibility index (Phi) is 8.30. The predicted molar refractivity (Wildman–Crippen MR) is 125 cm³/mol. The molecule has 9 nitrogen and oxygen atoms in total. The number of hydrogen-bond acceptors (Lipinski definition) is 7. The maximum atomic E-state index is 13.4. The Hall–Kier alpha value is -4.08. The Morgan fingerprint density at radius 1 is 1.17 bits per heavy atom. The number of nitriles is 1. The number of pyridine rings is 2. The van der Waals surface area contributed by atoms with Crippen molar-refractivity contribution in [1.82, 2.24) is 19.7 Å². The molecular formula is C23H17BrF2N6O3. The normalized spacial score (nSPS) is 10.3. The second-order valence-electron chi connectivity index (χ2n) is 7.14. The van der Waals surface area contributed by atoms with Gasteiger partial charge >= 0.3 is 5.82 Å². The number of aryl methyl sites for hydroxylation is 1. The molecule has 178 valence electrons. The highest BCUT2D eigenvalue weighted by atomic mass is 79.9. The molecule has 1 N–H and O–H groups in total. The molecule has 0 saturated heterocycles. The number of hydrogen-bond donors (Lipinski definition) is 1. The van der Waals surface area contributed by atoms with Gasteiger partial charge in [0, 0.05) is 31.9 Å². The largest absolute Gasteiger partial charge is 0.399 e. The van der Waals surface area contributed by atoms with Gasteiger partial charge in [0.2, 0.25) is 5.82 Å². The zero-order valence-corrected chi connectivity index (χ0v) is 19.8. The lowest BCUT2D eigenvalue weighted by Crippen LogP contribution is -1.99. The second kappa shape index (κ2) is 11.4. The van der Waals surface area contributed by atoms with Crippen LogP contribution in [-0.2, 0) is 20.1 Å². The average Bonchev–Trinajstić information content (AvgIpc) is 3.18. The van der Waals surface area contributed by atoms with E-state index in [-0.39, 0.29) is 12.4 Å². The topological polar surface area (TPSA) is 131 Å². The molecule has 1 aromatic carbocycles. The smallest absolute Gasteiger partial charge is 0.392 e. The molecule has 0 aliphatic heterocycles. The number of aromatic nitrogens is 4. The van der Waals surface area contributed by atoms with E-state index < -0.39 is 16.6 Å². The molecule has 0 aliphatic carbocycles. The van der Waals surface area contributed by atoms with Gasteiger partial charge in [0.25, 0.3) is 0 Å². The first-order valence-corrected chi connectivity index (χ1v) is 10.7. The molecule has 3 aromatic heterocycles. The van der Waals surface area contributed by atoms with Crippen molar-refractivity contribution in [2.45, 2.75) is 13.0 Å². The van der Waals surface area contributed by atoms with Crippen molar-refractivity contribution in [3.63, 3.8) is 0 Å². The van der Waals surface area contributed by atoms with Crippen LogP contribution in [0, 0.1) is 33.1 Å². The minimum absolute atomic E-state index is 0.253. The summed E-state index contributed by atoms with van der Waals surface area (Å²) in [7, 11) is 1.72. The van der Waals surface area contributed by atoms with E-state index in [4.69, 9.17) is 5.26 Å². The van der Waals surface area contributed by atoms with E-state index in [0.717, 1.165) is 28.5 Å². The minimum Gasteiger partial charge on any atom is -0.392 e. The number of aliphatic hydroxyl groups excluding tert-OH is 1. The molecular weight excluding hydrogens is 526 g/mol. The number of nitrogens with zero attached hydrogens (tertiary/aromatic N) is 6. The fourth-order valence-corrected chi connectivity index (χ4v) is 3.54. The summed E-state index contributed by atoms with van der Waals surface area (Å²) in [4.78, 5) is 16.6. The summed E-state index contributed by atoms with van der Waals surface area (Å²) in [5.41, 5.74) is 4.25. The molecule has 0 spiro atoms. The maximum absolute atomic E-state index is 13.4. The molecule has 0 aliphatic rings. The summed E-state index contributed by atoms with van der Waals surface area (Å²) < 4.78 is 27.9. The van der Waals surface area contributed by atoms with Crippen LogP contribution in [0.25, 0.3) is 11.1 Å². The Morgan fingerprint density at radius 3 is 2.54 bits per heavy atom. The highest BCUT2D eigenvalue weighted by Crippen LogP contribution is 2.29. The van der Waals surface area contributed by atoms with Crippen LogP contribution in [-0.4, -0.2) is 29.8 Å². The van der Waals surface area contributed by atoms with Crippen molar-refractivity contribution < 1.29 is 18.8 Å². The molecule has 0 fully saturated rings. The molecule has 4 aromatic rings. The molecule has 0 atom stereocenters. The van der Waals surface area contributed by atoms with Gasteiger partial charge in [-0.05, 0) is 72.4 Å². The summed E-state index contributed by atoms with van der Waals surface area (Å²) in [5, 5.41) is 32.9. The number of rotatable bonds is 5. The van der Waals surface area contributed by atoms with E-state index in [1.165, 1.54) is 23.0 Å². The molecule has 3 heterocycles. The summed E-state index contributed by atoms with van der Waals surface area (Å²) in [6.07, 6.45) is 5.03. The van der Waals surface area contributed by atoms with Crippen molar-refractivity contribution in [1.29, 1.82) is 5.26 Å². The van der Waals surface area contributed by atoms with E-state index in [9.17, 15) is 24.0 Å². The van der Waals surface area contributed by atoms with E-state index in [1.54, 1.807) is 31.6 Å². The highest BCUT2D eigenvalue weighted by Gasteiger charge is 2.15. The Morgan fingerprint density at radius 2 is 1.91 bits per heavy atom. The number of halogens is 3. The van der Waals surface area contributed by atoms with Gasteiger partial charge in [-0.25, -0.2) is 4.39 Å². The highest BCUT2D eigenvalue weighted by molar-refractivity contribution is 9.10. The van der Waals surface area contributed by atoms with Gasteiger partial charge in [-0.1, -0.05) is 6.07 Å². The molecule has 12 heteroatoms. The number of aliphatic hydroxyl groups is 1. The van der Waals surface area contributed by atoms with Crippen LogP contribution >= 0.6 is 15.9 Å². The third kappa shape index (κ3) is 6.28. The third-order valence-electron chi connectivity index (χ3n) is 4.81. The first-order chi connectivity index (χ1) is 16.7. The average molecular weight is 543 g/mol. The van der Waals surface area contributed by atoms with Gasteiger partial charge in [0.15, 0.2) is 6.20 Å². The summed E-state index contributed by atoms with van der Waals surface area (Å²) in [6.45, 7) is -0.253. The van der Waals surface area contributed by atoms with Crippen LogP contribution in [0.15, 0.2) is 59.5 Å². The second-order valence-corrected chi connectivity index (χ2v) is 8.06. The molecule has 0 amide bonds. The van der Waals surface area contributed by atoms with E-state index in [1.807, 2.05) is 6.07 Å². The third-order valence-corrected chi connectivity index (χ3v) is 5.24. The van der Waals surface area contributed by atoms with Crippen LogP contribution in [0.3, 0.4) is 0 Å². The SMILES string of the molecule is Cn1nc(Cc2cnccc2-c2ccc(F)cc2CO)cc1C#N.O=[N+]([O-])c1ncc(Br)cc1F. The van der Waals surface area contributed by atoms with Crippen molar-refractivity contribution in [2.24, 2.45) is 7.05 Å². The monoisotopic (exact) mass is 542 g/mol. The maximum Gasteiger partial charge on any atom is 0.399 e. The van der Waals surface area contributed by atoms with E-state index in [2.05, 4.69) is 37.1 Å². The van der Waals surface area contributed by atoms with Gasteiger partial charge < -0.3 is 15.2 Å². The first kappa shape index (κ1) is 25.5. The van der Waals surface area contributed by atoms with Gasteiger partial charge in [-0.2, -0.15) is 14.8 Å². The fraction of sp³-hybridized carbons (Fsp3) is 0.130. The molecule has 0 radical (unpaired) electrons. The standard InChI is InChI=1S/C18H15FN4O.C5H2BrFN2O2/c1-23-16(9-20)8-15(22-23)7-12-10-21-5-4-18(12)17-3-2-14(19)6-13(17)11-24;6-3-1-4(7)5(8-2-3)9(10)11/h2-6,8,10,24H,7,11H2,1H3;1-2H. The van der Waals surface area contributed by atoms with Crippen LogP contribution in [0.1, 0.15) is 22.5 Å². The predicted octanol–water partition coefficient (Wildman–Crippen LogP) is 4.47. The zero-order chi connectivity index (χ0) is 25.5. The van der Waals surface area contributed by atoms with Gasteiger partial charge in [0.1, 0.15) is 17.6 Å². The van der Waals surface area contributed by atoms with Crippen molar-refractivity contribution >= 4 is 21.7 Å². The van der Waals surface area contributed by atoms with E-state index in [0.29, 0.717) is 22.2 Å². The molecule has 4 rings (SSSR count). The minimum atomic E-state index is -0.940. The lowest BCUT2D eigenvalue weighted by Gasteiger charge is -2.12. The quantitative estimate of drug-likeness (QED) is 0.290. The van der Waals surface area contributed by atoms with Crippen LogP contribution in [0.2, 0.25) is 0 Å². The fourth-order valence-electron chi connectivity index (χ4n) is 3.24. The molecule has 0 bridgehead atoms. The van der Waals surface area contributed by atoms with Crippen LogP contribution < -0.4 is 0 Å². The van der Waals surface area contributed by atoms with Crippen LogP contribution in [0.4, 0.5) is 14.6 Å². The van der Waals surface area contributed by atoms with Crippen molar-refractivity contribution in [2.75, 3.05) is 0 Å². The number of benzene rings is 1. The zero-order valence-electron chi connectivity index (χ0n) is 18.2. The van der Waals surface area contributed by atoms with Gasteiger partial charge in [0.05, 0.1) is 16.8 Å². The summed E-state index contributed by atoms with van der Waals surface area (Å²) in [6, 6.07) is 11.0. The lowest BCUT2D eigenvalue weighted by atomic mass is 9.95. The summed E-state index contributed by atoms with van der Waals surface area (Å²) in [5.74, 6) is -2.08. The Bertz CT molecular complexity index is 1420. The van der Waals surface area contributed by atoms with E-state index >= 15 is 0 Å². The van der Waals surface area contributed by atoms with Gasteiger partial charge in [-0.15, -0.1) is 0 Å². The van der Waals surface area contributed by atoms with Crippen molar-refractivity contribution in [3.8, 4) is 17.2 Å². The van der Waals surface area contributed by atoms with Gasteiger partial charge in [-0.3, -0.25) is 9.67 Å². The Labute approximate surface area is 206 Å². The van der Waals surface area contributed by atoms with Crippen LogP contribution in [0.5, 0.6) is 0 Å². The lowest BCUT2D eigenvalue weighted by molar-refractivity contribution is -0.392. The Balaban J connectivity index is 0.000000261. The first-order valence-electron chi connectivity index (χ1n) is 9.94. The molecule has 0 saturated carbocycles. The van der Waals surface area contributed by atoms with Crippen molar-refractivity contribution in [3.05, 3.63) is 104 Å². The number of nitro groups is 1. The molecule has 35 heavy (non-hydrogen) atoms. The molecule has 0 unspecified atom stereocenters. The summed E-state index contributed by atoms with van der Waals surface area (Å²) >= 11 is 2.92.